The highest BCUT2D eigenvalue weighted by molar-refractivity contribution is 7.90. The van der Waals surface area contributed by atoms with Crippen LogP contribution in [0.5, 0.6) is 0 Å². The van der Waals surface area contributed by atoms with Gasteiger partial charge in [-0.15, -0.1) is 0 Å². The molecule has 1 unspecified atom stereocenters. The highest BCUT2D eigenvalue weighted by atomic mass is 35.5. The number of ether oxygens (including phenoxy) is 1. The van der Waals surface area contributed by atoms with Crippen LogP contribution in [0.3, 0.4) is 0 Å². The van der Waals surface area contributed by atoms with Gasteiger partial charge in [-0.2, -0.15) is 0 Å². The fourth-order valence-corrected chi connectivity index (χ4v) is 3.91. The lowest BCUT2D eigenvalue weighted by Gasteiger charge is -2.22. The van der Waals surface area contributed by atoms with E-state index in [1.165, 1.54) is 0 Å². The van der Waals surface area contributed by atoms with Crippen molar-refractivity contribution in [3.63, 3.8) is 0 Å². The smallest absolute Gasteiger partial charge is 0.266 e. The number of benzene rings is 1. The summed E-state index contributed by atoms with van der Waals surface area (Å²) in [5.74, 6) is -0.912. The Bertz CT molecular complexity index is 666. The molecule has 0 aromatic heterocycles. The first-order valence-corrected chi connectivity index (χ1v) is 9.25. The molecule has 1 aliphatic rings. The van der Waals surface area contributed by atoms with E-state index in [9.17, 15) is 13.2 Å². The van der Waals surface area contributed by atoms with Gasteiger partial charge in [-0.1, -0.05) is 11.6 Å². The fourth-order valence-electron chi connectivity index (χ4n) is 2.38. The minimum atomic E-state index is -3.75. The molecule has 1 amide bonds. The van der Waals surface area contributed by atoms with Crippen LogP contribution in [0.15, 0.2) is 12.1 Å². The number of halogens is 1. The average molecular weight is 346 g/mol. The second-order valence-corrected chi connectivity index (χ2v) is 7.79. The van der Waals surface area contributed by atoms with Gasteiger partial charge in [0.2, 0.25) is 10.0 Å². The van der Waals surface area contributed by atoms with Crippen LogP contribution in [-0.2, 0) is 14.8 Å². The zero-order valence-electron chi connectivity index (χ0n) is 12.7. The van der Waals surface area contributed by atoms with E-state index in [-0.39, 0.29) is 22.4 Å². The number of hydrogen-bond donors (Lipinski definition) is 1. The average Bonchev–Trinajstić information content (AvgIpc) is 2.42. The highest BCUT2D eigenvalue weighted by Gasteiger charge is 2.25. The van der Waals surface area contributed by atoms with Crippen LogP contribution in [0, 0.1) is 13.8 Å². The molecule has 1 aromatic carbocycles. The molecule has 1 heterocycles. The van der Waals surface area contributed by atoms with Gasteiger partial charge in [0.05, 0.1) is 22.4 Å². The topological polar surface area (TPSA) is 72.5 Å². The first-order chi connectivity index (χ1) is 10.3. The molecule has 1 N–H and O–H groups in total. The second-order valence-electron chi connectivity index (χ2n) is 5.62. The zero-order valence-corrected chi connectivity index (χ0v) is 14.3. The summed E-state index contributed by atoms with van der Waals surface area (Å²) in [5, 5.41) is 0.240. The van der Waals surface area contributed by atoms with Gasteiger partial charge in [0.15, 0.2) is 0 Å². The maximum absolute atomic E-state index is 12.2. The number of amides is 1. The van der Waals surface area contributed by atoms with Gasteiger partial charge >= 0.3 is 0 Å². The standard InChI is InChI=1S/C15H20ClNO4S/c1-10-7-13(14(16)8-11(10)2)15(18)17-22(19,20)9-12-5-3-4-6-21-12/h7-8,12H,3-6,9H2,1-2H3,(H,17,18). The molecular weight excluding hydrogens is 326 g/mol. The van der Waals surface area contributed by atoms with Crippen LogP contribution in [0.25, 0.3) is 0 Å². The van der Waals surface area contributed by atoms with Crippen LogP contribution < -0.4 is 4.72 Å². The van der Waals surface area contributed by atoms with Crippen molar-refractivity contribution in [2.75, 3.05) is 12.4 Å². The molecule has 5 nitrogen and oxygen atoms in total. The number of aryl methyl sites for hydroxylation is 2. The third-order valence-electron chi connectivity index (χ3n) is 3.76. The molecule has 0 bridgehead atoms. The minimum Gasteiger partial charge on any atom is -0.377 e. The molecule has 1 aromatic rings. The van der Waals surface area contributed by atoms with Crippen molar-refractivity contribution in [3.05, 3.63) is 33.8 Å². The van der Waals surface area contributed by atoms with Gasteiger partial charge in [0.25, 0.3) is 5.91 Å². The summed E-state index contributed by atoms with van der Waals surface area (Å²) in [6.07, 6.45) is 2.23. The summed E-state index contributed by atoms with van der Waals surface area (Å²) < 4.78 is 31.7. The zero-order chi connectivity index (χ0) is 16.3. The lowest BCUT2D eigenvalue weighted by atomic mass is 10.1. The van der Waals surface area contributed by atoms with Gasteiger partial charge < -0.3 is 4.74 Å². The Balaban J connectivity index is 2.08. The van der Waals surface area contributed by atoms with Crippen molar-refractivity contribution in [2.24, 2.45) is 0 Å². The Hall–Kier alpha value is -1.11. The summed E-state index contributed by atoms with van der Waals surface area (Å²) in [7, 11) is -3.75. The molecule has 0 saturated carbocycles. The molecule has 2 rings (SSSR count). The van der Waals surface area contributed by atoms with Crippen molar-refractivity contribution < 1.29 is 17.9 Å². The van der Waals surface area contributed by atoms with E-state index < -0.39 is 15.9 Å². The number of rotatable bonds is 4. The van der Waals surface area contributed by atoms with Crippen LogP contribution in [0.1, 0.15) is 40.7 Å². The molecule has 122 valence electrons. The van der Waals surface area contributed by atoms with Crippen molar-refractivity contribution in [1.82, 2.24) is 4.72 Å². The van der Waals surface area contributed by atoms with E-state index in [0.717, 1.165) is 24.0 Å². The Labute approximate surface area is 136 Å². The van der Waals surface area contributed by atoms with Gasteiger partial charge in [-0.3, -0.25) is 4.79 Å². The summed E-state index contributed by atoms with van der Waals surface area (Å²) >= 11 is 6.04. The van der Waals surface area contributed by atoms with E-state index in [1.54, 1.807) is 12.1 Å². The van der Waals surface area contributed by atoms with Gasteiger partial charge in [-0.05, 0) is 56.4 Å². The van der Waals surface area contributed by atoms with E-state index in [4.69, 9.17) is 16.3 Å². The normalized spacial score (nSPS) is 19.0. The van der Waals surface area contributed by atoms with Crippen molar-refractivity contribution in [3.8, 4) is 0 Å². The first-order valence-electron chi connectivity index (χ1n) is 7.21. The third-order valence-corrected chi connectivity index (χ3v) is 5.38. The number of nitrogens with one attached hydrogen (secondary N) is 1. The SMILES string of the molecule is Cc1cc(Cl)c(C(=O)NS(=O)(=O)CC2CCCCO2)cc1C. The lowest BCUT2D eigenvalue weighted by Crippen LogP contribution is -2.38. The Morgan fingerprint density at radius 1 is 1.32 bits per heavy atom. The largest absolute Gasteiger partial charge is 0.377 e. The van der Waals surface area contributed by atoms with Gasteiger partial charge in [-0.25, -0.2) is 13.1 Å². The molecule has 22 heavy (non-hydrogen) atoms. The molecule has 0 spiro atoms. The predicted molar refractivity (Wildman–Crippen MR) is 85.8 cm³/mol. The summed E-state index contributed by atoms with van der Waals surface area (Å²) in [6.45, 7) is 4.28. The Kier molecular flexibility index (Phi) is 5.47. The number of hydrogen-bond acceptors (Lipinski definition) is 4. The van der Waals surface area contributed by atoms with Crippen LogP contribution >= 0.6 is 11.6 Å². The summed E-state index contributed by atoms with van der Waals surface area (Å²) in [4.78, 5) is 12.2. The molecule has 0 radical (unpaired) electrons. The second kappa shape index (κ2) is 6.98. The predicted octanol–water partition coefficient (Wildman–Crippen LogP) is 2.59. The number of sulfonamides is 1. The van der Waals surface area contributed by atoms with Crippen LogP contribution in [0.2, 0.25) is 5.02 Å². The summed E-state index contributed by atoms with van der Waals surface area (Å²) in [6, 6.07) is 3.25. The molecule has 1 fully saturated rings. The van der Waals surface area contributed by atoms with Gasteiger partial charge in [0.1, 0.15) is 0 Å². The van der Waals surface area contributed by atoms with Crippen molar-refractivity contribution >= 4 is 27.5 Å². The van der Waals surface area contributed by atoms with E-state index in [2.05, 4.69) is 4.72 Å². The van der Waals surface area contributed by atoms with Crippen LogP contribution in [-0.4, -0.2) is 32.8 Å². The Morgan fingerprint density at radius 2 is 2.00 bits per heavy atom. The Morgan fingerprint density at radius 3 is 2.64 bits per heavy atom. The number of carbonyl (C=O) groups excluding carboxylic acids is 1. The third kappa shape index (κ3) is 4.44. The maximum atomic E-state index is 12.2. The molecule has 1 atom stereocenters. The van der Waals surface area contributed by atoms with Gasteiger partial charge in [0, 0.05) is 6.61 Å². The van der Waals surface area contributed by atoms with E-state index >= 15 is 0 Å². The van der Waals surface area contributed by atoms with E-state index in [0.29, 0.717) is 13.0 Å². The summed E-state index contributed by atoms with van der Waals surface area (Å²) in [5.41, 5.74) is 1.99. The van der Waals surface area contributed by atoms with E-state index in [1.807, 2.05) is 13.8 Å². The monoisotopic (exact) mass is 345 g/mol. The first kappa shape index (κ1) is 17.2. The quantitative estimate of drug-likeness (QED) is 0.910. The molecular formula is C15H20ClNO4S. The lowest BCUT2D eigenvalue weighted by molar-refractivity contribution is 0.0304. The molecule has 1 aliphatic heterocycles. The maximum Gasteiger partial charge on any atom is 0.266 e. The van der Waals surface area contributed by atoms with Crippen molar-refractivity contribution in [2.45, 2.75) is 39.2 Å². The molecule has 0 aliphatic carbocycles. The number of carbonyl (C=O) groups is 1. The molecule has 1 saturated heterocycles. The highest BCUT2D eigenvalue weighted by Crippen LogP contribution is 2.21. The van der Waals surface area contributed by atoms with Crippen molar-refractivity contribution in [1.29, 1.82) is 0 Å². The fraction of sp³-hybridized carbons (Fsp3) is 0.533. The molecule has 7 heteroatoms. The van der Waals surface area contributed by atoms with Crippen LogP contribution in [0.4, 0.5) is 0 Å². The minimum absolute atomic E-state index is 0.165.